The maximum Gasteiger partial charge on any atom is 0.263 e. The van der Waals surface area contributed by atoms with Crippen molar-refractivity contribution in [1.82, 2.24) is 4.57 Å². The quantitative estimate of drug-likeness (QED) is 0.697. The Hall–Kier alpha value is -2.64. The smallest absolute Gasteiger partial charge is 0.263 e. The highest BCUT2D eigenvalue weighted by Gasteiger charge is 2.10. The zero-order valence-electron chi connectivity index (χ0n) is 11.5. The molecular weight excluding hydrogens is 340 g/mol. The average Bonchev–Trinajstić information content (AvgIpc) is 2.57. The number of aromatic nitrogens is 1. The molecule has 1 aromatic heterocycles. The summed E-state index contributed by atoms with van der Waals surface area (Å²) in [4.78, 5) is 12.8. The zero-order chi connectivity index (χ0) is 15.5. The van der Waals surface area contributed by atoms with Crippen molar-refractivity contribution in [3.8, 4) is 22.9 Å². The van der Waals surface area contributed by atoms with E-state index in [2.05, 4.69) is 22.0 Å². The van der Waals surface area contributed by atoms with Crippen LogP contribution >= 0.6 is 15.9 Å². The molecule has 3 rings (SSSR count). The van der Waals surface area contributed by atoms with E-state index in [0.29, 0.717) is 11.1 Å². The minimum absolute atomic E-state index is 0.121. The molecule has 3 aromatic rings. The monoisotopic (exact) mass is 350 g/mol. The summed E-state index contributed by atoms with van der Waals surface area (Å²) in [6, 6.07) is 20.4. The molecule has 0 spiro atoms. The number of nitriles is 1. The van der Waals surface area contributed by atoms with E-state index in [1.807, 2.05) is 36.4 Å². The summed E-state index contributed by atoms with van der Waals surface area (Å²) in [6.45, 7) is 0. The largest absolute Gasteiger partial charge is 0.283 e. The van der Waals surface area contributed by atoms with Crippen molar-refractivity contribution >= 4 is 15.9 Å². The van der Waals surface area contributed by atoms with Crippen LogP contribution in [0.4, 0.5) is 0 Å². The van der Waals surface area contributed by atoms with Gasteiger partial charge in [-0.3, -0.25) is 9.36 Å². The molecule has 0 N–H and O–H groups in total. The first kappa shape index (κ1) is 14.3. The van der Waals surface area contributed by atoms with Gasteiger partial charge in [0.25, 0.3) is 5.56 Å². The molecular formula is C18H11BrN2O. The molecule has 22 heavy (non-hydrogen) atoms. The summed E-state index contributed by atoms with van der Waals surface area (Å²) in [5.74, 6) is 0. The molecule has 0 aliphatic rings. The molecule has 1 heterocycles. The van der Waals surface area contributed by atoms with E-state index < -0.39 is 0 Å². The fraction of sp³-hybridized carbons (Fsp3) is 0. The van der Waals surface area contributed by atoms with E-state index >= 15 is 0 Å². The predicted octanol–water partition coefficient (Wildman–Crippen LogP) is 4.14. The van der Waals surface area contributed by atoms with Gasteiger partial charge in [-0.1, -0.05) is 30.3 Å². The first-order valence-electron chi connectivity index (χ1n) is 6.67. The van der Waals surface area contributed by atoms with Crippen LogP contribution in [0.1, 0.15) is 5.56 Å². The lowest BCUT2D eigenvalue weighted by molar-refractivity contribution is 0.987. The third-order valence-electron chi connectivity index (χ3n) is 3.32. The number of benzene rings is 2. The summed E-state index contributed by atoms with van der Waals surface area (Å²) in [7, 11) is 0. The maximum atomic E-state index is 12.8. The minimum atomic E-state index is -0.121. The van der Waals surface area contributed by atoms with Crippen molar-refractivity contribution in [2.45, 2.75) is 0 Å². The maximum absolute atomic E-state index is 12.8. The third kappa shape index (κ3) is 2.72. The van der Waals surface area contributed by atoms with E-state index in [9.17, 15) is 4.79 Å². The van der Waals surface area contributed by atoms with Gasteiger partial charge in [-0.15, -0.1) is 0 Å². The Bertz CT molecular complexity index is 924. The van der Waals surface area contributed by atoms with Gasteiger partial charge in [0, 0.05) is 21.9 Å². The van der Waals surface area contributed by atoms with Crippen LogP contribution in [0.15, 0.2) is 76.1 Å². The summed E-state index contributed by atoms with van der Waals surface area (Å²) in [6.07, 6.45) is 1.75. The van der Waals surface area contributed by atoms with Crippen molar-refractivity contribution in [1.29, 1.82) is 5.26 Å². The van der Waals surface area contributed by atoms with Crippen LogP contribution in [0.3, 0.4) is 0 Å². The van der Waals surface area contributed by atoms with Gasteiger partial charge in [-0.05, 0) is 51.8 Å². The molecule has 0 amide bonds. The van der Waals surface area contributed by atoms with Gasteiger partial charge in [0.15, 0.2) is 0 Å². The molecule has 0 fully saturated rings. The molecule has 3 nitrogen and oxygen atoms in total. The van der Waals surface area contributed by atoms with Gasteiger partial charge in [0.2, 0.25) is 0 Å². The molecule has 0 saturated carbocycles. The first-order chi connectivity index (χ1) is 10.7. The van der Waals surface area contributed by atoms with Crippen molar-refractivity contribution in [2.75, 3.05) is 0 Å². The molecule has 0 aliphatic heterocycles. The lowest BCUT2D eigenvalue weighted by Crippen LogP contribution is -2.19. The minimum Gasteiger partial charge on any atom is -0.283 e. The van der Waals surface area contributed by atoms with Crippen molar-refractivity contribution in [3.05, 3.63) is 87.3 Å². The van der Waals surface area contributed by atoms with Crippen LogP contribution in [0.25, 0.3) is 16.8 Å². The second-order valence-electron chi connectivity index (χ2n) is 4.78. The highest BCUT2D eigenvalue weighted by atomic mass is 79.9. The van der Waals surface area contributed by atoms with Crippen molar-refractivity contribution in [2.24, 2.45) is 0 Å². The number of hydrogen-bond donors (Lipinski definition) is 0. The van der Waals surface area contributed by atoms with Crippen LogP contribution in [0, 0.1) is 11.3 Å². The van der Waals surface area contributed by atoms with E-state index in [1.165, 1.54) is 0 Å². The van der Waals surface area contributed by atoms with Gasteiger partial charge in [-0.25, -0.2) is 0 Å². The van der Waals surface area contributed by atoms with Crippen LogP contribution in [0.2, 0.25) is 0 Å². The lowest BCUT2D eigenvalue weighted by Gasteiger charge is -2.10. The summed E-state index contributed by atoms with van der Waals surface area (Å²) >= 11 is 3.45. The van der Waals surface area contributed by atoms with Gasteiger partial charge in [0.1, 0.15) is 0 Å². The van der Waals surface area contributed by atoms with Crippen LogP contribution < -0.4 is 5.56 Å². The Kier molecular flexibility index (Phi) is 3.90. The van der Waals surface area contributed by atoms with Gasteiger partial charge in [0.05, 0.1) is 11.6 Å². The topological polar surface area (TPSA) is 45.8 Å². The van der Waals surface area contributed by atoms with Crippen molar-refractivity contribution < 1.29 is 0 Å². The summed E-state index contributed by atoms with van der Waals surface area (Å²) < 4.78 is 2.40. The Morgan fingerprint density at radius 2 is 1.77 bits per heavy atom. The molecule has 4 heteroatoms. The number of rotatable bonds is 2. The van der Waals surface area contributed by atoms with Crippen LogP contribution in [-0.4, -0.2) is 4.57 Å². The number of halogens is 1. The van der Waals surface area contributed by atoms with E-state index in [0.717, 1.165) is 15.7 Å². The van der Waals surface area contributed by atoms with E-state index in [1.54, 1.807) is 35.0 Å². The second-order valence-corrected chi connectivity index (χ2v) is 5.69. The van der Waals surface area contributed by atoms with Gasteiger partial charge < -0.3 is 0 Å². The third-order valence-corrected chi connectivity index (χ3v) is 3.75. The lowest BCUT2D eigenvalue weighted by atomic mass is 10.0. The fourth-order valence-corrected chi connectivity index (χ4v) is 2.73. The number of nitrogens with zero attached hydrogens (tertiary/aromatic N) is 2. The molecule has 0 aliphatic carbocycles. The van der Waals surface area contributed by atoms with E-state index in [-0.39, 0.29) is 5.56 Å². The summed E-state index contributed by atoms with van der Waals surface area (Å²) in [5.41, 5.74) is 2.49. The highest BCUT2D eigenvalue weighted by molar-refractivity contribution is 9.10. The van der Waals surface area contributed by atoms with Gasteiger partial charge in [-0.2, -0.15) is 5.26 Å². The zero-order valence-corrected chi connectivity index (χ0v) is 13.1. The van der Waals surface area contributed by atoms with Crippen molar-refractivity contribution in [3.63, 3.8) is 0 Å². The standard InChI is InChI=1S/C18H11BrN2O/c19-15-10-17(14-6-4-5-13(9-14)11-20)18(22)21(12-15)16-7-2-1-3-8-16/h1-10,12H. The van der Waals surface area contributed by atoms with Gasteiger partial charge >= 0.3 is 0 Å². The van der Waals surface area contributed by atoms with E-state index in [4.69, 9.17) is 5.26 Å². The second kappa shape index (κ2) is 6.00. The number of pyridine rings is 1. The highest BCUT2D eigenvalue weighted by Crippen LogP contribution is 2.21. The number of hydrogen-bond acceptors (Lipinski definition) is 2. The molecule has 0 bridgehead atoms. The first-order valence-corrected chi connectivity index (χ1v) is 7.46. The number of para-hydroxylation sites is 1. The Labute approximate surface area is 136 Å². The normalized spacial score (nSPS) is 10.2. The molecule has 0 saturated heterocycles. The predicted molar refractivity (Wildman–Crippen MR) is 89.9 cm³/mol. The molecule has 106 valence electrons. The Morgan fingerprint density at radius 1 is 1.00 bits per heavy atom. The SMILES string of the molecule is N#Cc1cccc(-c2cc(Br)cn(-c3ccccc3)c2=O)c1. The average molecular weight is 351 g/mol. The van der Waals surface area contributed by atoms with Crippen LogP contribution in [-0.2, 0) is 0 Å². The fourth-order valence-electron chi connectivity index (χ4n) is 2.29. The van der Waals surface area contributed by atoms with Crippen LogP contribution in [0.5, 0.6) is 0 Å². The molecule has 0 atom stereocenters. The molecule has 2 aromatic carbocycles. The molecule has 0 radical (unpaired) electrons. The molecule has 0 unspecified atom stereocenters. The Balaban J connectivity index is 2.24. The summed E-state index contributed by atoms with van der Waals surface area (Å²) in [5, 5.41) is 9.02. The Morgan fingerprint density at radius 3 is 2.50 bits per heavy atom.